The summed E-state index contributed by atoms with van der Waals surface area (Å²) in [6.45, 7) is 0. The number of benzene rings is 4. The van der Waals surface area contributed by atoms with Gasteiger partial charge in [-0.25, -0.2) is 4.79 Å². The summed E-state index contributed by atoms with van der Waals surface area (Å²) in [6.07, 6.45) is 5.61. The van der Waals surface area contributed by atoms with Crippen LogP contribution in [0.3, 0.4) is 0 Å². The van der Waals surface area contributed by atoms with E-state index >= 15 is 0 Å². The van der Waals surface area contributed by atoms with Crippen molar-refractivity contribution in [2.45, 2.75) is 19.6 Å². The molecular weight excluding hydrogens is 1080 g/mol. The van der Waals surface area contributed by atoms with Crippen LogP contribution in [-0.2, 0) is 68.7 Å². The topological polar surface area (TPSA) is 395 Å². The molecule has 31 heteroatoms. The number of hydrogen-bond acceptors (Lipinski definition) is 13. The highest BCUT2D eigenvalue weighted by molar-refractivity contribution is 7.87. The van der Waals surface area contributed by atoms with Crippen LogP contribution in [0.15, 0.2) is 129 Å². The summed E-state index contributed by atoms with van der Waals surface area (Å²) in [6, 6.07) is 15.0. The Kier molecular flexibility index (Phi) is 13.8. The molecule has 6 amide bonds. The average molecular weight is 1120 g/mol. The standard InChI is InChI=1S/C45H40N10O17S4/c1-52-19-23(15-33(52)43(58)50-29-11-13-35(73(61,62)63)27-7-5-9-37(39(27)29)75(67,68)69)46-41(56)31-17-25(21-54(31)3)48-45(60)49-26-18-32(55(4)22-26)42(57)47-24-16-34(53(2)20-24)44(59)51-30-12-14-36(74(64,65)66)28-8-6-10-38(40(28)30)76(70,71)72/h5-22H,1-4H3,(H,46,56)(H,47,57)(H,50,58)(H,51,59)(H2,48,49,60)(H,61,62,63)(H,64,65,66)(H,67,68,69)(H,70,71,72). The van der Waals surface area contributed by atoms with E-state index in [2.05, 4.69) is 31.9 Å². The summed E-state index contributed by atoms with van der Waals surface area (Å²) in [4.78, 5) is 64.2. The molecule has 0 aliphatic carbocycles. The average Bonchev–Trinajstić information content (AvgIpc) is 4.08. The lowest BCUT2D eigenvalue weighted by molar-refractivity contribution is 0.101. The van der Waals surface area contributed by atoms with Crippen LogP contribution in [0.25, 0.3) is 21.5 Å². The molecule has 27 nitrogen and oxygen atoms in total. The molecular formula is C45H40N10O17S4. The van der Waals surface area contributed by atoms with E-state index in [1.165, 1.54) is 108 Å². The molecule has 396 valence electrons. The minimum atomic E-state index is -4.97. The number of fused-ring (bicyclic) bond motifs is 2. The highest BCUT2D eigenvalue weighted by Gasteiger charge is 2.27. The van der Waals surface area contributed by atoms with E-state index in [0.717, 1.165) is 48.5 Å². The van der Waals surface area contributed by atoms with Crippen LogP contribution < -0.4 is 31.9 Å². The molecule has 0 bridgehead atoms. The number of carbonyl (C=O) groups is 5. The Balaban J connectivity index is 0.902. The van der Waals surface area contributed by atoms with E-state index in [9.17, 15) is 75.9 Å². The van der Waals surface area contributed by atoms with Gasteiger partial charge in [0, 0.05) is 74.5 Å². The molecule has 76 heavy (non-hydrogen) atoms. The molecule has 4 aromatic heterocycles. The van der Waals surface area contributed by atoms with Gasteiger partial charge in [-0.1, -0.05) is 24.3 Å². The van der Waals surface area contributed by atoms with Crippen LogP contribution in [0.4, 0.5) is 38.9 Å². The predicted octanol–water partition coefficient (Wildman–Crippen LogP) is 4.99. The molecule has 10 N–H and O–H groups in total. The molecule has 0 atom stereocenters. The van der Waals surface area contributed by atoms with Crippen molar-refractivity contribution in [2.75, 3.05) is 31.9 Å². The molecule has 0 radical (unpaired) electrons. The second-order valence-electron chi connectivity index (χ2n) is 16.8. The van der Waals surface area contributed by atoms with Crippen LogP contribution >= 0.6 is 0 Å². The maximum absolute atomic E-state index is 13.5. The Morgan fingerprint density at radius 3 is 0.934 bits per heavy atom. The van der Waals surface area contributed by atoms with Gasteiger partial charge < -0.3 is 50.2 Å². The van der Waals surface area contributed by atoms with E-state index in [0.29, 0.717) is 0 Å². The molecule has 0 aliphatic heterocycles. The third-order valence-electron chi connectivity index (χ3n) is 11.5. The van der Waals surface area contributed by atoms with Crippen molar-refractivity contribution in [1.82, 2.24) is 18.3 Å². The van der Waals surface area contributed by atoms with Crippen molar-refractivity contribution in [3.63, 3.8) is 0 Å². The van der Waals surface area contributed by atoms with Gasteiger partial charge in [0.05, 0.1) is 34.1 Å². The van der Waals surface area contributed by atoms with Crippen LogP contribution in [0, 0.1) is 0 Å². The first-order valence-corrected chi connectivity index (χ1v) is 27.2. The first kappa shape index (κ1) is 53.6. The summed E-state index contributed by atoms with van der Waals surface area (Å²) >= 11 is 0. The molecule has 0 aliphatic rings. The quantitative estimate of drug-likeness (QED) is 0.0641. The van der Waals surface area contributed by atoms with Crippen molar-refractivity contribution < 1.29 is 75.9 Å². The number of nitrogens with one attached hydrogen (secondary N) is 6. The van der Waals surface area contributed by atoms with Gasteiger partial charge in [0.1, 0.15) is 42.4 Å². The zero-order valence-corrected chi connectivity index (χ0v) is 42.7. The molecule has 4 heterocycles. The van der Waals surface area contributed by atoms with Crippen LogP contribution in [0.1, 0.15) is 42.0 Å². The molecule has 0 unspecified atom stereocenters. The largest absolute Gasteiger partial charge is 0.344 e. The van der Waals surface area contributed by atoms with Gasteiger partial charge in [0.2, 0.25) is 0 Å². The molecule has 0 spiro atoms. The Morgan fingerprint density at radius 1 is 0.368 bits per heavy atom. The number of amides is 6. The fraction of sp³-hybridized carbons (Fsp3) is 0.0889. The number of urea groups is 1. The van der Waals surface area contributed by atoms with E-state index in [1.807, 2.05) is 0 Å². The van der Waals surface area contributed by atoms with Gasteiger partial charge in [0.15, 0.2) is 0 Å². The number of aryl methyl sites for hydroxylation is 4. The Labute approximate surface area is 430 Å². The maximum atomic E-state index is 13.5. The monoisotopic (exact) mass is 1120 g/mol. The number of hydrogen-bond donors (Lipinski definition) is 10. The van der Waals surface area contributed by atoms with Crippen LogP contribution in [0.2, 0.25) is 0 Å². The van der Waals surface area contributed by atoms with E-state index in [4.69, 9.17) is 0 Å². The summed E-state index contributed by atoms with van der Waals surface area (Å²) < 4.78 is 142. The minimum absolute atomic E-state index is 0.0441. The number of aromatic nitrogens is 4. The molecule has 0 saturated carbocycles. The lowest BCUT2D eigenvalue weighted by Crippen LogP contribution is -2.18. The summed E-state index contributed by atoms with van der Waals surface area (Å²) in [7, 11) is -13.8. The van der Waals surface area contributed by atoms with Gasteiger partial charge in [-0.2, -0.15) is 33.7 Å². The number of nitrogens with zero attached hydrogens (tertiary/aromatic N) is 4. The van der Waals surface area contributed by atoms with E-state index < -0.39 is 100 Å². The summed E-state index contributed by atoms with van der Waals surface area (Å²) in [5, 5.41) is 14.0. The fourth-order valence-electron chi connectivity index (χ4n) is 8.27. The Bertz CT molecular complexity index is 4020. The summed E-state index contributed by atoms with van der Waals surface area (Å²) in [5.41, 5.74) is 0.0361. The van der Waals surface area contributed by atoms with E-state index in [-0.39, 0.29) is 67.7 Å². The van der Waals surface area contributed by atoms with Gasteiger partial charge in [-0.05, 0) is 60.7 Å². The zero-order chi connectivity index (χ0) is 55.6. The maximum Gasteiger partial charge on any atom is 0.323 e. The third-order valence-corrected chi connectivity index (χ3v) is 15.1. The number of carbonyl (C=O) groups excluding carboxylic acids is 5. The van der Waals surface area contributed by atoms with Crippen molar-refractivity contribution in [3.05, 3.63) is 132 Å². The lowest BCUT2D eigenvalue weighted by atomic mass is 10.1. The SMILES string of the molecule is Cn1cc(NC(=O)Nc2cc(C(=O)Nc3cc(C(=O)Nc4ccc(S(=O)(=O)O)c5cccc(S(=O)(=O)O)c45)n(C)c3)n(C)c2)cc1C(=O)Nc1cc(C(=O)Nc2ccc(S(=O)(=O)O)c3cccc(S(=O)(=O)O)c23)n(C)c1. The third kappa shape index (κ3) is 10.9. The number of rotatable bonds is 14. The first-order valence-electron chi connectivity index (χ1n) is 21.4. The van der Waals surface area contributed by atoms with Crippen LogP contribution in [0.5, 0.6) is 0 Å². The Morgan fingerprint density at radius 2 is 0.645 bits per heavy atom. The normalized spacial score (nSPS) is 12.1. The summed E-state index contributed by atoms with van der Waals surface area (Å²) in [5.74, 6) is -3.06. The molecule has 8 aromatic rings. The minimum Gasteiger partial charge on any atom is -0.344 e. The smallest absolute Gasteiger partial charge is 0.323 e. The van der Waals surface area contributed by atoms with E-state index in [1.54, 1.807) is 0 Å². The second-order valence-corrected chi connectivity index (χ2v) is 22.3. The van der Waals surface area contributed by atoms with Crippen molar-refractivity contribution in [3.8, 4) is 0 Å². The van der Waals surface area contributed by atoms with Gasteiger partial charge >= 0.3 is 6.03 Å². The number of anilines is 6. The zero-order valence-electron chi connectivity index (χ0n) is 39.4. The van der Waals surface area contributed by atoms with Crippen molar-refractivity contribution in [1.29, 1.82) is 0 Å². The van der Waals surface area contributed by atoms with Gasteiger partial charge in [0.25, 0.3) is 64.1 Å². The first-order chi connectivity index (χ1) is 35.4. The lowest BCUT2D eigenvalue weighted by Gasteiger charge is -2.14. The fourth-order valence-corrected chi connectivity index (χ4v) is 11.1. The molecule has 0 saturated heterocycles. The molecule has 0 fully saturated rings. The highest BCUT2D eigenvalue weighted by atomic mass is 32.2. The highest BCUT2D eigenvalue weighted by Crippen LogP contribution is 2.37. The van der Waals surface area contributed by atoms with Crippen molar-refractivity contribution >= 4 is 126 Å². The predicted molar refractivity (Wildman–Crippen MR) is 273 cm³/mol. The Hall–Kier alpha value is -8.69. The molecule has 8 rings (SSSR count). The van der Waals surface area contributed by atoms with Gasteiger partial charge in [-0.15, -0.1) is 0 Å². The van der Waals surface area contributed by atoms with Crippen molar-refractivity contribution in [2.24, 2.45) is 28.2 Å². The molecule has 4 aromatic carbocycles. The van der Waals surface area contributed by atoms with Gasteiger partial charge in [-0.3, -0.25) is 37.4 Å². The van der Waals surface area contributed by atoms with Crippen LogP contribution in [-0.4, -0.2) is 99.8 Å². The second kappa shape index (κ2) is 19.5.